The molecule has 0 amide bonds. The summed E-state index contributed by atoms with van der Waals surface area (Å²) >= 11 is 12.6. The number of ether oxygens (including phenoxy) is 1. The minimum Gasteiger partial charge on any atom is -0.440 e. The zero-order valence-corrected chi connectivity index (χ0v) is 18.2. The van der Waals surface area contributed by atoms with Crippen molar-refractivity contribution >= 4 is 34.5 Å². The summed E-state index contributed by atoms with van der Waals surface area (Å²) in [4.78, 5) is 2.21. The molecule has 2 aromatic rings. The second-order valence-electron chi connectivity index (χ2n) is 8.04. The van der Waals surface area contributed by atoms with E-state index in [0.717, 1.165) is 22.4 Å². The van der Waals surface area contributed by atoms with E-state index in [0.29, 0.717) is 21.4 Å². The van der Waals surface area contributed by atoms with E-state index in [2.05, 4.69) is 50.9 Å². The van der Waals surface area contributed by atoms with Gasteiger partial charge < -0.3 is 15.4 Å². The molecule has 2 aliphatic heterocycles. The van der Waals surface area contributed by atoms with Gasteiger partial charge in [-0.05, 0) is 50.1 Å². The Kier molecular flexibility index (Phi) is 4.57. The molecular weight excluding hydrogens is 405 g/mol. The summed E-state index contributed by atoms with van der Waals surface area (Å²) in [5.74, 6) is 0.307. The van der Waals surface area contributed by atoms with Crippen LogP contribution in [0.25, 0.3) is 5.57 Å². The smallest absolute Gasteiger partial charge is 0.205 e. The molecule has 2 N–H and O–H groups in total. The van der Waals surface area contributed by atoms with Gasteiger partial charge in [0.05, 0.1) is 11.5 Å². The van der Waals surface area contributed by atoms with Gasteiger partial charge in [-0.15, -0.1) is 0 Å². The van der Waals surface area contributed by atoms with E-state index in [1.54, 1.807) is 12.1 Å². The summed E-state index contributed by atoms with van der Waals surface area (Å²) in [6.45, 7) is 6.43. The lowest BCUT2D eigenvalue weighted by Crippen LogP contribution is -2.42. The zero-order chi connectivity index (χ0) is 21.1. The first kappa shape index (κ1) is 19.7. The van der Waals surface area contributed by atoms with Crippen LogP contribution in [0.2, 0.25) is 10.0 Å². The molecule has 2 heterocycles. The SMILES string of the molecule is CC1=CC(C)(C)N(C)c2cc3c(cc21)C(c1ccc(Cl)cc1Cl)C(C#N)=C(N)O3. The Morgan fingerprint density at radius 1 is 1.17 bits per heavy atom. The number of nitrogens with zero attached hydrogens (tertiary/aromatic N) is 2. The van der Waals surface area contributed by atoms with Crippen LogP contribution in [0.1, 0.15) is 43.4 Å². The number of hydrogen-bond acceptors (Lipinski definition) is 4. The van der Waals surface area contributed by atoms with Crippen LogP contribution in [-0.4, -0.2) is 12.6 Å². The summed E-state index contributed by atoms with van der Waals surface area (Å²) in [6.07, 6.45) is 2.24. The summed E-state index contributed by atoms with van der Waals surface area (Å²) in [7, 11) is 2.06. The molecule has 0 aromatic heterocycles. The summed E-state index contributed by atoms with van der Waals surface area (Å²) in [5.41, 5.74) is 11.3. The summed E-state index contributed by atoms with van der Waals surface area (Å²) in [5, 5.41) is 10.8. The Hall–Kier alpha value is -2.61. The van der Waals surface area contributed by atoms with Gasteiger partial charge in [-0.3, -0.25) is 0 Å². The first-order chi connectivity index (χ1) is 13.6. The van der Waals surface area contributed by atoms with E-state index in [4.69, 9.17) is 33.7 Å². The second-order valence-corrected chi connectivity index (χ2v) is 8.88. The number of anilines is 1. The number of nitrogens with two attached hydrogens (primary N) is 1. The van der Waals surface area contributed by atoms with Crippen molar-refractivity contribution in [2.75, 3.05) is 11.9 Å². The number of nitriles is 1. The quantitative estimate of drug-likeness (QED) is 0.622. The van der Waals surface area contributed by atoms with Crippen molar-refractivity contribution in [1.82, 2.24) is 0 Å². The van der Waals surface area contributed by atoms with Crippen LogP contribution in [0.15, 0.2) is 47.9 Å². The fraction of sp³-hybridized carbons (Fsp3) is 0.261. The Morgan fingerprint density at radius 2 is 1.90 bits per heavy atom. The van der Waals surface area contributed by atoms with Crippen molar-refractivity contribution in [2.45, 2.75) is 32.2 Å². The predicted octanol–water partition coefficient (Wildman–Crippen LogP) is 5.84. The van der Waals surface area contributed by atoms with Gasteiger partial charge in [0.2, 0.25) is 5.88 Å². The number of allylic oxidation sites excluding steroid dienone is 2. The minimum atomic E-state index is -0.424. The molecular formula is C23H21Cl2N3O. The molecule has 6 heteroatoms. The minimum absolute atomic E-state index is 0.0981. The van der Waals surface area contributed by atoms with E-state index in [1.165, 1.54) is 5.57 Å². The largest absolute Gasteiger partial charge is 0.440 e. The molecule has 4 rings (SSSR count). The van der Waals surface area contributed by atoms with Crippen molar-refractivity contribution in [3.63, 3.8) is 0 Å². The molecule has 0 saturated heterocycles. The maximum atomic E-state index is 9.81. The fourth-order valence-electron chi connectivity index (χ4n) is 4.16. The maximum Gasteiger partial charge on any atom is 0.205 e. The number of halogens is 2. The zero-order valence-electron chi connectivity index (χ0n) is 16.7. The van der Waals surface area contributed by atoms with Gasteiger partial charge in [-0.25, -0.2) is 0 Å². The molecule has 0 bridgehead atoms. The van der Waals surface area contributed by atoms with Gasteiger partial charge in [-0.2, -0.15) is 5.26 Å². The molecule has 0 saturated carbocycles. The summed E-state index contributed by atoms with van der Waals surface area (Å²) < 4.78 is 5.89. The highest BCUT2D eigenvalue weighted by atomic mass is 35.5. The predicted molar refractivity (Wildman–Crippen MR) is 118 cm³/mol. The number of hydrogen-bond donors (Lipinski definition) is 1. The van der Waals surface area contributed by atoms with Crippen molar-refractivity contribution in [3.8, 4) is 11.8 Å². The maximum absolute atomic E-state index is 9.81. The topological polar surface area (TPSA) is 62.3 Å². The van der Waals surface area contributed by atoms with Crippen LogP contribution < -0.4 is 15.4 Å². The first-order valence-corrected chi connectivity index (χ1v) is 10.0. The van der Waals surface area contributed by atoms with Crippen LogP contribution in [-0.2, 0) is 0 Å². The van der Waals surface area contributed by atoms with Gasteiger partial charge in [0.1, 0.15) is 17.4 Å². The van der Waals surface area contributed by atoms with Crippen molar-refractivity contribution in [3.05, 3.63) is 74.6 Å². The lowest BCUT2D eigenvalue weighted by molar-refractivity contribution is 0.393. The highest BCUT2D eigenvalue weighted by Crippen LogP contribution is 2.49. The third kappa shape index (κ3) is 3.06. The highest BCUT2D eigenvalue weighted by molar-refractivity contribution is 6.35. The van der Waals surface area contributed by atoms with Crippen LogP contribution in [0, 0.1) is 11.3 Å². The Labute approximate surface area is 180 Å². The standard InChI is InChI=1S/C23H21Cl2N3O/c1-12-10-23(2,3)28(4)19-9-20-16(8-15(12)19)21(17(11-26)22(27)29-20)14-6-5-13(24)7-18(14)25/h5-10,21H,27H2,1-4H3. The van der Waals surface area contributed by atoms with E-state index in [1.807, 2.05) is 12.1 Å². The molecule has 29 heavy (non-hydrogen) atoms. The lowest BCUT2D eigenvalue weighted by Gasteiger charge is -2.41. The summed E-state index contributed by atoms with van der Waals surface area (Å²) in [6, 6.07) is 11.6. The average Bonchev–Trinajstić information content (AvgIpc) is 2.64. The van der Waals surface area contributed by atoms with Gasteiger partial charge in [0, 0.05) is 40.0 Å². The third-order valence-corrected chi connectivity index (χ3v) is 6.39. The molecule has 0 aliphatic carbocycles. The van der Waals surface area contributed by atoms with Gasteiger partial charge in [0.15, 0.2) is 0 Å². The van der Waals surface area contributed by atoms with Crippen LogP contribution in [0.3, 0.4) is 0 Å². The van der Waals surface area contributed by atoms with Gasteiger partial charge >= 0.3 is 0 Å². The van der Waals surface area contributed by atoms with Crippen LogP contribution >= 0.6 is 23.2 Å². The number of rotatable bonds is 1. The molecule has 1 unspecified atom stereocenters. The third-order valence-electron chi connectivity index (χ3n) is 5.83. The molecule has 1 atom stereocenters. The molecule has 0 radical (unpaired) electrons. The molecule has 2 aliphatic rings. The highest BCUT2D eigenvalue weighted by Gasteiger charge is 2.36. The molecule has 4 nitrogen and oxygen atoms in total. The van der Waals surface area contributed by atoms with Crippen LogP contribution in [0.4, 0.5) is 5.69 Å². The Balaban J connectivity index is 1.98. The van der Waals surface area contributed by atoms with Gasteiger partial charge in [-0.1, -0.05) is 35.3 Å². The Bertz CT molecular complexity index is 1140. The van der Waals surface area contributed by atoms with Crippen LogP contribution in [0.5, 0.6) is 5.75 Å². The average molecular weight is 426 g/mol. The van der Waals surface area contributed by atoms with Gasteiger partial charge in [0.25, 0.3) is 0 Å². The van der Waals surface area contributed by atoms with Crippen molar-refractivity contribution in [2.24, 2.45) is 5.73 Å². The van der Waals surface area contributed by atoms with E-state index >= 15 is 0 Å². The van der Waals surface area contributed by atoms with E-state index in [-0.39, 0.29) is 11.4 Å². The second kappa shape index (κ2) is 6.73. The van der Waals surface area contributed by atoms with E-state index < -0.39 is 5.92 Å². The number of benzene rings is 2. The molecule has 0 spiro atoms. The Morgan fingerprint density at radius 3 is 2.55 bits per heavy atom. The molecule has 0 fully saturated rings. The normalized spacial score (nSPS) is 19.7. The number of likely N-dealkylation sites (N-methyl/N-ethyl adjacent to an activating group) is 1. The van der Waals surface area contributed by atoms with E-state index in [9.17, 15) is 5.26 Å². The molecule has 148 valence electrons. The fourth-order valence-corrected chi connectivity index (χ4v) is 4.68. The molecule has 2 aromatic carbocycles. The monoisotopic (exact) mass is 425 g/mol. The lowest BCUT2D eigenvalue weighted by atomic mass is 9.80. The van der Waals surface area contributed by atoms with Crippen molar-refractivity contribution < 1.29 is 4.74 Å². The van der Waals surface area contributed by atoms with Crippen molar-refractivity contribution in [1.29, 1.82) is 5.26 Å². The number of fused-ring (bicyclic) bond motifs is 2. The first-order valence-electron chi connectivity index (χ1n) is 9.28.